The normalized spacial score (nSPS) is 11.6. The lowest BCUT2D eigenvalue weighted by Crippen LogP contribution is -2.05. The third-order valence-electron chi connectivity index (χ3n) is 5.50. The highest BCUT2D eigenvalue weighted by Gasteiger charge is 2.16. The van der Waals surface area contributed by atoms with Gasteiger partial charge in [0.15, 0.2) is 0 Å². The van der Waals surface area contributed by atoms with Gasteiger partial charge in [-0.1, -0.05) is 30.7 Å². The molecule has 170 valence electrons. The van der Waals surface area contributed by atoms with Gasteiger partial charge in [0.25, 0.3) is 5.56 Å². The second-order valence-corrected chi connectivity index (χ2v) is 11.0. The summed E-state index contributed by atoms with van der Waals surface area (Å²) in [6.45, 7) is 0. The third kappa shape index (κ3) is 5.17. The fraction of sp³-hybridized carbons (Fsp3) is 0.292. The van der Waals surface area contributed by atoms with Crippen molar-refractivity contribution >= 4 is 54.6 Å². The molecule has 4 aromatic rings. The van der Waals surface area contributed by atoms with Crippen molar-refractivity contribution in [3.05, 3.63) is 63.8 Å². The molecule has 32 heavy (non-hydrogen) atoms. The van der Waals surface area contributed by atoms with E-state index in [1.54, 1.807) is 7.11 Å². The van der Waals surface area contributed by atoms with Crippen LogP contribution in [0.15, 0.2) is 52.6 Å². The van der Waals surface area contributed by atoms with Crippen molar-refractivity contribution in [2.75, 3.05) is 19.1 Å². The van der Waals surface area contributed by atoms with Crippen molar-refractivity contribution in [2.45, 2.75) is 25.7 Å². The maximum absolute atomic E-state index is 12.4. The number of methoxy groups -OCH3 is 1. The fourth-order valence-corrected chi connectivity index (χ4v) is 5.52. The van der Waals surface area contributed by atoms with Gasteiger partial charge < -0.3 is 9.72 Å². The molecule has 0 unspecified atom stereocenters. The number of H-pyrrole nitrogens is 1. The molecule has 0 amide bonds. The number of aryl methyl sites for hydroxylation is 1. The summed E-state index contributed by atoms with van der Waals surface area (Å²) >= 11 is 1.44. The van der Waals surface area contributed by atoms with Crippen LogP contribution in [0.25, 0.3) is 32.1 Å². The first-order valence-electron chi connectivity index (χ1n) is 10.2. The van der Waals surface area contributed by atoms with E-state index in [-0.39, 0.29) is 23.7 Å². The van der Waals surface area contributed by atoms with Gasteiger partial charge >= 0.3 is 0 Å². The monoisotopic (exact) mass is 491 g/mol. The van der Waals surface area contributed by atoms with Crippen molar-refractivity contribution < 1.29 is 13.2 Å². The quantitative estimate of drug-likeness (QED) is 0.325. The molecule has 2 heterocycles. The third-order valence-corrected chi connectivity index (χ3v) is 7.44. The van der Waals surface area contributed by atoms with Crippen LogP contribution in [0.4, 0.5) is 0 Å². The number of halogens is 1. The largest absolute Gasteiger partial charge is 0.496 e. The minimum atomic E-state index is -2.88. The van der Waals surface area contributed by atoms with Crippen LogP contribution in [0.1, 0.15) is 24.8 Å². The van der Waals surface area contributed by atoms with Crippen LogP contribution in [0.2, 0.25) is 0 Å². The lowest BCUT2D eigenvalue weighted by Gasteiger charge is -2.14. The minimum absolute atomic E-state index is 0. The van der Waals surface area contributed by atoms with Gasteiger partial charge in [0, 0.05) is 33.9 Å². The molecule has 1 N–H and O–H groups in total. The van der Waals surface area contributed by atoms with E-state index in [2.05, 4.69) is 29.2 Å². The highest BCUT2D eigenvalue weighted by atomic mass is 35.5. The van der Waals surface area contributed by atoms with Crippen molar-refractivity contribution in [1.82, 2.24) is 4.98 Å². The SMILES string of the molecule is COc1ccc2[nH]c(=O)c3sccc3c2c1-c1ccc(CCCCCS(C)(=O)=O)cc1.Cl. The summed E-state index contributed by atoms with van der Waals surface area (Å²) in [5, 5.41) is 3.87. The first kappa shape index (κ1) is 24.3. The maximum atomic E-state index is 12.4. The Bertz CT molecular complexity index is 1390. The van der Waals surface area contributed by atoms with Gasteiger partial charge in [-0.2, -0.15) is 0 Å². The highest BCUT2D eigenvalue weighted by molar-refractivity contribution is 7.90. The van der Waals surface area contributed by atoms with Gasteiger partial charge in [-0.15, -0.1) is 23.7 Å². The second-order valence-electron chi connectivity index (χ2n) is 7.82. The highest BCUT2D eigenvalue weighted by Crippen LogP contribution is 2.40. The molecule has 0 radical (unpaired) electrons. The zero-order chi connectivity index (χ0) is 22.0. The number of nitrogens with one attached hydrogen (secondary N) is 1. The van der Waals surface area contributed by atoms with E-state index in [0.717, 1.165) is 52.4 Å². The van der Waals surface area contributed by atoms with Crippen LogP contribution < -0.4 is 10.3 Å². The summed E-state index contributed by atoms with van der Waals surface area (Å²) < 4.78 is 28.9. The summed E-state index contributed by atoms with van der Waals surface area (Å²) in [7, 11) is -1.22. The number of thiophene rings is 1. The Morgan fingerprint density at radius 1 is 1.00 bits per heavy atom. The molecule has 0 fully saturated rings. The molecule has 2 aromatic heterocycles. The number of hydrogen-bond donors (Lipinski definition) is 1. The van der Waals surface area contributed by atoms with E-state index < -0.39 is 9.84 Å². The van der Waals surface area contributed by atoms with Crippen LogP contribution >= 0.6 is 23.7 Å². The van der Waals surface area contributed by atoms with E-state index in [4.69, 9.17) is 4.74 Å². The second kappa shape index (κ2) is 10.1. The molecular weight excluding hydrogens is 466 g/mol. The molecule has 0 aliphatic carbocycles. The predicted octanol–water partition coefficient (Wildman–Crippen LogP) is 5.60. The fourth-order valence-electron chi connectivity index (χ4n) is 3.99. The first-order chi connectivity index (χ1) is 14.9. The standard InChI is InChI=1S/C24H25NO4S2.ClH/c1-29-20-12-11-19-22(18-13-14-30-23(18)24(26)25-19)21(20)17-9-7-16(8-10-17)6-4-3-5-15-31(2,27)28;/h7-14H,3-6,15H2,1-2H3,(H,25,26);1H. The van der Waals surface area contributed by atoms with E-state index in [9.17, 15) is 13.2 Å². The number of sulfone groups is 1. The van der Waals surface area contributed by atoms with Gasteiger partial charge in [-0.05, 0) is 54.0 Å². The summed E-state index contributed by atoms with van der Waals surface area (Å²) in [5.74, 6) is 1.02. The van der Waals surface area contributed by atoms with E-state index in [0.29, 0.717) is 11.1 Å². The summed E-state index contributed by atoms with van der Waals surface area (Å²) in [6, 6.07) is 14.2. The number of unbranched alkanes of at least 4 members (excludes halogenated alkanes) is 2. The number of fused-ring (bicyclic) bond motifs is 3. The Balaban J connectivity index is 0.00000289. The molecule has 8 heteroatoms. The Labute approximate surface area is 197 Å². The maximum Gasteiger partial charge on any atom is 0.266 e. The molecule has 4 rings (SSSR count). The van der Waals surface area contributed by atoms with E-state index in [1.165, 1.54) is 23.2 Å². The number of rotatable bonds is 8. The van der Waals surface area contributed by atoms with E-state index in [1.807, 2.05) is 23.6 Å². The molecule has 0 saturated carbocycles. The predicted molar refractivity (Wildman–Crippen MR) is 136 cm³/mol. The smallest absolute Gasteiger partial charge is 0.266 e. The van der Waals surface area contributed by atoms with Gasteiger partial charge in [-0.3, -0.25) is 4.79 Å². The average molecular weight is 492 g/mol. The molecule has 0 atom stereocenters. The molecule has 0 saturated heterocycles. The molecule has 0 spiro atoms. The van der Waals surface area contributed by atoms with Gasteiger partial charge in [-0.25, -0.2) is 8.42 Å². The van der Waals surface area contributed by atoms with Crippen molar-refractivity contribution in [3.8, 4) is 16.9 Å². The Kier molecular flexibility index (Phi) is 7.64. The Hall–Kier alpha value is -2.35. The van der Waals surface area contributed by atoms with Crippen molar-refractivity contribution in [1.29, 1.82) is 0 Å². The molecule has 0 aliphatic rings. The van der Waals surface area contributed by atoms with Gasteiger partial charge in [0.2, 0.25) is 0 Å². The van der Waals surface area contributed by atoms with Crippen LogP contribution in [0.3, 0.4) is 0 Å². The summed E-state index contributed by atoms with van der Waals surface area (Å²) in [5.41, 5.74) is 3.94. The Morgan fingerprint density at radius 3 is 2.44 bits per heavy atom. The number of benzene rings is 2. The Morgan fingerprint density at radius 2 is 1.75 bits per heavy atom. The molecule has 0 bridgehead atoms. The molecule has 5 nitrogen and oxygen atoms in total. The zero-order valence-electron chi connectivity index (χ0n) is 18.0. The van der Waals surface area contributed by atoms with Gasteiger partial charge in [0.05, 0.1) is 7.11 Å². The topological polar surface area (TPSA) is 76.2 Å². The number of pyridine rings is 1. The lowest BCUT2D eigenvalue weighted by atomic mass is 9.96. The van der Waals surface area contributed by atoms with Crippen LogP contribution in [-0.4, -0.2) is 32.5 Å². The van der Waals surface area contributed by atoms with Crippen molar-refractivity contribution in [3.63, 3.8) is 0 Å². The number of aromatic nitrogens is 1. The number of aromatic amines is 1. The van der Waals surface area contributed by atoms with Crippen molar-refractivity contribution in [2.24, 2.45) is 0 Å². The lowest BCUT2D eigenvalue weighted by molar-refractivity contribution is 0.417. The number of ether oxygens (including phenoxy) is 1. The van der Waals surface area contributed by atoms with Crippen LogP contribution in [-0.2, 0) is 16.3 Å². The minimum Gasteiger partial charge on any atom is -0.496 e. The van der Waals surface area contributed by atoms with Crippen LogP contribution in [0.5, 0.6) is 5.75 Å². The summed E-state index contributed by atoms with van der Waals surface area (Å²) in [4.78, 5) is 15.4. The zero-order valence-corrected chi connectivity index (χ0v) is 20.5. The summed E-state index contributed by atoms with van der Waals surface area (Å²) in [6.07, 6.45) is 4.77. The first-order valence-corrected chi connectivity index (χ1v) is 13.2. The molecule has 0 aliphatic heterocycles. The van der Waals surface area contributed by atoms with E-state index >= 15 is 0 Å². The molecular formula is C24H26ClNO4S2. The molecule has 2 aromatic carbocycles. The number of hydrogen-bond acceptors (Lipinski definition) is 5. The van der Waals surface area contributed by atoms with Gasteiger partial charge in [0.1, 0.15) is 20.3 Å². The average Bonchev–Trinajstić information content (AvgIpc) is 3.23. The van der Waals surface area contributed by atoms with Crippen LogP contribution in [0, 0.1) is 0 Å².